The van der Waals surface area contributed by atoms with E-state index in [9.17, 15) is 8.42 Å². The Morgan fingerprint density at radius 1 is 1.56 bits per heavy atom. The van der Waals surface area contributed by atoms with Crippen LogP contribution in [-0.4, -0.2) is 21.0 Å². The highest BCUT2D eigenvalue weighted by atomic mass is 79.9. The average Bonchev–Trinajstić information content (AvgIpc) is 2.55. The minimum Gasteiger partial charge on any atom is -0.329 e. The van der Waals surface area contributed by atoms with Crippen LogP contribution in [0.5, 0.6) is 0 Å². The van der Waals surface area contributed by atoms with Gasteiger partial charge in [-0.25, -0.2) is 13.1 Å². The summed E-state index contributed by atoms with van der Waals surface area (Å²) in [5.41, 5.74) is 5.37. The zero-order chi connectivity index (χ0) is 14.1. The zero-order valence-electron chi connectivity index (χ0n) is 10.3. The van der Waals surface area contributed by atoms with Gasteiger partial charge in [-0.15, -0.1) is 11.3 Å². The Kier molecular flexibility index (Phi) is 5.25. The van der Waals surface area contributed by atoms with Gasteiger partial charge in [-0.3, -0.25) is 0 Å². The van der Waals surface area contributed by atoms with E-state index < -0.39 is 10.0 Å². The Hall–Kier alpha value is 0.340. The summed E-state index contributed by atoms with van der Waals surface area (Å²) in [7, 11) is -3.58. The van der Waals surface area contributed by atoms with Crippen molar-refractivity contribution in [2.75, 3.05) is 6.54 Å². The smallest absolute Gasteiger partial charge is 0.250 e. The molecule has 0 aliphatic heterocycles. The van der Waals surface area contributed by atoms with E-state index in [1.165, 1.54) is 6.07 Å². The van der Waals surface area contributed by atoms with E-state index in [1.807, 2.05) is 20.8 Å². The number of hydrogen-bond acceptors (Lipinski definition) is 4. The molecule has 104 valence electrons. The van der Waals surface area contributed by atoms with Gasteiger partial charge in [-0.2, -0.15) is 0 Å². The Bertz CT molecular complexity index is 503. The Labute approximate surface area is 125 Å². The predicted octanol–water partition coefficient (Wildman–Crippen LogP) is 2.82. The van der Waals surface area contributed by atoms with Gasteiger partial charge in [-0.05, 0) is 27.4 Å². The summed E-state index contributed by atoms with van der Waals surface area (Å²) in [6.45, 7) is 6.04. The lowest BCUT2D eigenvalue weighted by molar-refractivity contribution is 0.304. The first-order valence-corrected chi connectivity index (χ1v) is 8.72. The SMILES string of the molecule is CC(C)(C)C(CN)NS(=O)(=O)c1cc(Cl)c(Br)s1. The monoisotopic (exact) mass is 374 g/mol. The molecule has 0 aliphatic rings. The highest BCUT2D eigenvalue weighted by Crippen LogP contribution is 2.35. The van der Waals surface area contributed by atoms with Crippen molar-refractivity contribution in [3.63, 3.8) is 0 Å². The van der Waals surface area contributed by atoms with Crippen LogP contribution in [0.1, 0.15) is 20.8 Å². The van der Waals surface area contributed by atoms with Crippen LogP contribution in [0.2, 0.25) is 5.02 Å². The molecule has 0 radical (unpaired) electrons. The van der Waals surface area contributed by atoms with Crippen molar-refractivity contribution < 1.29 is 8.42 Å². The summed E-state index contributed by atoms with van der Waals surface area (Å²) in [6, 6.07) is 1.09. The molecule has 1 unspecified atom stereocenters. The number of nitrogens with two attached hydrogens (primary N) is 1. The lowest BCUT2D eigenvalue weighted by Crippen LogP contribution is -2.48. The van der Waals surface area contributed by atoms with Crippen molar-refractivity contribution in [1.29, 1.82) is 0 Å². The van der Waals surface area contributed by atoms with Crippen molar-refractivity contribution in [2.24, 2.45) is 11.1 Å². The largest absolute Gasteiger partial charge is 0.329 e. The van der Waals surface area contributed by atoms with Crippen LogP contribution in [0, 0.1) is 5.41 Å². The minimum absolute atomic E-state index is 0.182. The van der Waals surface area contributed by atoms with Crippen molar-refractivity contribution in [1.82, 2.24) is 4.72 Å². The molecule has 1 aromatic rings. The third-order valence-corrected chi connectivity index (χ3v) is 6.89. The van der Waals surface area contributed by atoms with Gasteiger partial charge in [0.2, 0.25) is 10.0 Å². The summed E-state index contributed by atoms with van der Waals surface area (Å²) in [5.74, 6) is 0. The summed E-state index contributed by atoms with van der Waals surface area (Å²) in [6.07, 6.45) is 0. The number of hydrogen-bond donors (Lipinski definition) is 2. The number of halogens is 2. The van der Waals surface area contributed by atoms with Gasteiger partial charge >= 0.3 is 0 Å². The Morgan fingerprint density at radius 2 is 2.11 bits per heavy atom. The van der Waals surface area contributed by atoms with E-state index in [0.717, 1.165) is 11.3 Å². The Balaban J connectivity index is 3.01. The fourth-order valence-electron chi connectivity index (χ4n) is 1.28. The first-order valence-electron chi connectivity index (χ1n) is 5.25. The van der Waals surface area contributed by atoms with Crippen molar-refractivity contribution >= 4 is 48.9 Å². The van der Waals surface area contributed by atoms with E-state index >= 15 is 0 Å². The molecule has 4 nitrogen and oxygen atoms in total. The van der Waals surface area contributed by atoms with Crippen molar-refractivity contribution in [3.05, 3.63) is 14.9 Å². The van der Waals surface area contributed by atoms with E-state index in [4.69, 9.17) is 17.3 Å². The third kappa shape index (κ3) is 3.91. The molecule has 8 heteroatoms. The highest BCUT2D eigenvalue weighted by Gasteiger charge is 2.29. The molecule has 0 saturated carbocycles. The zero-order valence-corrected chi connectivity index (χ0v) is 14.3. The highest BCUT2D eigenvalue weighted by molar-refractivity contribution is 9.11. The molecule has 18 heavy (non-hydrogen) atoms. The molecule has 1 rings (SSSR count). The number of rotatable bonds is 4. The van der Waals surface area contributed by atoms with Crippen LogP contribution in [0.3, 0.4) is 0 Å². The first kappa shape index (κ1) is 16.4. The second-order valence-corrected chi connectivity index (χ2v) is 9.68. The van der Waals surface area contributed by atoms with Gasteiger partial charge in [0.05, 0.1) is 8.81 Å². The first-order chi connectivity index (χ1) is 8.08. The summed E-state index contributed by atoms with van der Waals surface area (Å²) >= 11 is 10.1. The second kappa shape index (κ2) is 5.76. The van der Waals surface area contributed by atoms with Crippen LogP contribution in [0.4, 0.5) is 0 Å². The molecule has 3 N–H and O–H groups in total. The molecule has 0 saturated heterocycles. The molecule has 1 atom stereocenters. The fraction of sp³-hybridized carbons (Fsp3) is 0.600. The lowest BCUT2D eigenvalue weighted by atomic mass is 9.88. The maximum atomic E-state index is 12.2. The molecular formula is C10H16BrClN2O2S2. The van der Waals surface area contributed by atoms with Crippen LogP contribution in [0.25, 0.3) is 0 Å². The molecule has 0 fully saturated rings. The van der Waals surface area contributed by atoms with E-state index in [1.54, 1.807) is 0 Å². The van der Waals surface area contributed by atoms with Crippen LogP contribution in [0.15, 0.2) is 14.1 Å². The predicted molar refractivity (Wildman–Crippen MR) is 79.6 cm³/mol. The summed E-state index contributed by atoms with van der Waals surface area (Å²) in [4.78, 5) is 0. The van der Waals surface area contributed by atoms with Gasteiger partial charge in [0.15, 0.2) is 0 Å². The molecule has 1 heterocycles. The van der Waals surface area contributed by atoms with Crippen LogP contribution in [-0.2, 0) is 10.0 Å². The van der Waals surface area contributed by atoms with Crippen molar-refractivity contribution in [2.45, 2.75) is 31.0 Å². The molecular weight excluding hydrogens is 360 g/mol. The van der Waals surface area contributed by atoms with Gasteiger partial charge in [0.25, 0.3) is 0 Å². The molecule has 0 aromatic carbocycles. The minimum atomic E-state index is -3.58. The van der Waals surface area contributed by atoms with E-state index in [-0.39, 0.29) is 22.2 Å². The molecule has 0 spiro atoms. The van der Waals surface area contributed by atoms with Gasteiger partial charge in [0.1, 0.15) is 4.21 Å². The quantitative estimate of drug-likeness (QED) is 0.850. The average molecular weight is 376 g/mol. The maximum Gasteiger partial charge on any atom is 0.250 e. The van der Waals surface area contributed by atoms with Crippen molar-refractivity contribution in [3.8, 4) is 0 Å². The van der Waals surface area contributed by atoms with Gasteiger partial charge in [0, 0.05) is 12.6 Å². The second-order valence-electron chi connectivity index (χ2n) is 4.96. The van der Waals surface area contributed by atoms with Crippen LogP contribution < -0.4 is 10.5 Å². The Morgan fingerprint density at radius 3 is 2.44 bits per heavy atom. The number of thiophene rings is 1. The van der Waals surface area contributed by atoms with E-state index in [0.29, 0.717) is 8.81 Å². The number of sulfonamides is 1. The normalized spacial score (nSPS) is 14.8. The topological polar surface area (TPSA) is 72.2 Å². The van der Waals surface area contributed by atoms with E-state index in [2.05, 4.69) is 20.7 Å². The summed E-state index contributed by atoms with van der Waals surface area (Å²) in [5, 5.41) is 0.389. The fourth-order valence-corrected chi connectivity index (χ4v) is 5.15. The number of nitrogens with one attached hydrogen (secondary N) is 1. The molecule has 1 aromatic heterocycles. The summed E-state index contributed by atoms with van der Waals surface area (Å²) < 4.78 is 27.8. The molecule has 0 bridgehead atoms. The van der Waals surface area contributed by atoms with Crippen LogP contribution >= 0.6 is 38.9 Å². The molecule has 0 aliphatic carbocycles. The van der Waals surface area contributed by atoms with Gasteiger partial charge in [-0.1, -0.05) is 32.4 Å². The molecule has 0 amide bonds. The third-order valence-electron chi connectivity index (χ3n) is 2.47. The van der Waals surface area contributed by atoms with Gasteiger partial charge < -0.3 is 5.73 Å². The maximum absolute atomic E-state index is 12.2. The lowest BCUT2D eigenvalue weighted by Gasteiger charge is -2.29. The standard InChI is InChI=1S/C10H16BrClN2O2S2/c1-10(2,3)7(5-13)14-18(15,16)8-4-6(12)9(11)17-8/h4,7,14H,5,13H2,1-3H3.